The lowest BCUT2D eigenvalue weighted by Crippen LogP contribution is -2.26. The van der Waals surface area contributed by atoms with Crippen molar-refractivity contribution in [2.24, 2.45) is 0 Å². The predicted molar refractivity (Wildman–Crippen MR) is 297 cm³/mol. The van der Waals surface area contributed by atoms with Gasteiger partial charge in [0.25, 0.3) is 0 Å². The minimum Gasteiger partial charge on any atom is -0.0619 e. The van der Waals surface area contributed by atoms with Gasteiger partial charge in [0.15, 0.2) is 0 Å². The number of hydrogen-bond donors (Lipinski definition) is 0. The highest BCUT2D eigenvalue weighted by molar-refractivity contribution is 6.36. The summed E-state index contributed by atoms with van der Waals surface area (Å²) in [6, 6.07) is 68.3. The zero-order chi connectivity index (χ0) is 47.3. The highest BCUT2D eigenvalue weighted by atomic mass is 14.6. The van der Waals surface area contributed by atoms with Crippen molar-refractivity contribution >= 4 is 43.1 Å². The normalized spacial score (nSPS) is 15.0. The van der Waals surface area contributed by atoms with Gasteiger partial charge in [-0.1, -0.05) is 213 Å². The van der Waals surface area contributed by atoms with E-state index in [4.69, 9.17) is 0 Å². The van der Waals surface area contributed by atoms with E-state index < -0.39 is 10.8 Å². The van der Waals surface area contributed by atoms with Crippen LogP contribution in [-0.2, 0) is 10.8 Å². The number of benzene rings is 11. The number of fused-ring (bicyclic) bond motifs is 24. The van der Waals surface area contributed by atoms with Crippen LogP contribution in [0.3, 0.4) is 0 Å². The van der Waals surface area contributed by atoms with Gasteiger partial charge < -0.3 is 0 Å². The third kappa shape index (κ3) is 4.70. The topological polar surface area (TPSA) is 0 Å². The second kappa shape index (κ2) is 13.7. The molecule has 0 aliphatic heterocycles. The molecule has 0 fully saturated rings. The summed E-state index contributed by atoms with van der Waals surface area (Å²) in [5.74, 6) is 1.65. The molecule has 0 heteroatoms. The van der Waals surface area contributed by atoms with E-state index in [9.17, 15) is 0 Å². The summed E-state index contributed by atoms with van der Waals surface area (Å²) in [6.07, 6.45) is 0. The van der Waals surface area contributed by atoms with Crippen molar-refractivity contribution in [2.75, 3.05) is 0 Å². The molecular formula is C70H56. The molecule has 0 amide bonds. The van der Waals surface area contributed by atoms with Crippen LogP contribution >= 0.6 is 0 Å². The summed E-state index contributed by atoms with van der Waals surface area (Å²) in [6.45, 7) is 18.7. The van der Waals surface area contributed by atoms with E-state index in [1.807, 2.05) is 0 Å². The van der Waals surface area contributed by atoms with Crippen LogP contribution in [0.2, 0.25) is 0 Å². The zero-order valence-electron chi connectivity index (χ0n) is 41.5. The first-order chi connectivity index (χ1) is 34.0. The lowest BCUT2D eigenvalue weighted by molar-refractivity contribution is 0.778. The fourth-order valence-electron chi connectivity index (χ4n) is 14.7. The summed E-state index contributed by atoms with van der Waals surface area (Å²) < 4.78 is 0. The first kappa shape index (κ1) is 40.6. The van der Waals surface area contributed by atoms with Crippen molar-refractivity contribution < 1.29 is 0 Å². The predicted octanol–water partition coefficient (Wildman–Crippen LogP) is 18.9. The second-order valence-corrected chi connectivity index (χ2v) is 22.6. The second-order valence-electron chi connectivity index (χ2n) is 22.6. The lowest BCUT2D eigenvalue weighted by atomic mass is 9.68. The Morgan fingerprint density at radius 2 is 0.557 bits per heavy atom. The highest BCUT2D eigenvalue weighted by Crippen LogP contribution is 2.68. The fraction of sp³-hybridized carbons (Fsp3) is 0.200. The van der Waals surface area contributed by atoms with Gasteiger partial charge >= 0.3 is 0 Å². The minimum absolute atomic E-state index is 0.412. The summed E-state index contributed by atoms with van der Waals surface area (Å²) in [7, 11) is 0. The SMILES string of the molecule is CC(C)c1ccc2c(c1)C1(c3cc(C(C)C)ccc3-2)c2ccccc2-c2c1cc1c3cccc4c5c(cc(c6cccc2c61)c43)C1(c2cc(C(C)C)ccc2-c2ccc(C(C)C)cc21)c1ccccc1-5. The molecule has 0 saturated carbocycles. The Morgan fingerprint density at radius 3 is 0.886 bits per heavy atom. The molecule has 0 aromatic heterocycles. The summed E-state index contributed by atoms with van der Waals surface area (Å²) in [5, 5.41) is 10.8. The Balaban J connectivity index is 1.11. The molecule has 4 aliphatic rings. The van der Waals surface area contributed by atoms with Crippen molar-refractivity contribution in [1.29, 1.82) is 0 Å². The molecule has 15 rings (SSSR count). The van der Waals surface area contributed by atoms with E-state index in [0.29, 0.717) is 23.7 Å². The molecule has 11 aromatic rings. The van der Waals surface area contributed by atoms with Crippen LogP contribution in [0.25, 0.3) is 87.6 Å². The molecule has 336 valence electrons. The Hall–Kier alpha value is -7.28. The van der Waals surface area contributed by atoms with Crippen LogP contribution in [0, 0.1) is 0 Å². The molecule has 0 N–H and O–H groups in total. The molecule has 0 radical (unpaired) electrons. The minimum atomic E-state index is -0.461. The van der Waals surface area contributed by atoms with Gasteiger partial charge in [-0.05, 0) is 190 Å². The third-order valence-corrected chi connectivity index (χ3v) is 17.9. The largest absolute Gasteiger partial charge is 0.0726 e. The van der Waals surface area contributed by atoms with Crippen LogP contribution in [0.1, 0.15) is 146 Å². The molecule has 2 spiro atoms. The Labute approximate surface area is 412 Å². The maximum absolute atomic E-state index is 2.68. The molecule has 0 saturated heterocycles. The van der Waals surface area contributed by atoms with Crippen LogP contribution in [0.4, 0.5) is 0 Å². The Bertz CT molecular complexity index is 3740. The smallest absolute Gasteiger partial charge is 0.0619 e. The summed E-state index contributed by atoms with van der Waals surface area (Å²) in [5.41, 5.74) is 27.0. The molecule has 0 heterocycles. The molecule has 0 bridgehead atoms. The fourth-order valence-corrected chi connectivity index (χ4v) is 14.7. The van der Waals surface area contributed by atoms with Gasteiger partial charge in [0.05, 0.1) is 10.8 Å². The van der Waals surface area contributed by atoms with Gasteiger partial charge in [-0.3, -0.25) is 0 Å². The Morgan fingerprint density at radius 1 is 0.243 bits per heavy atom. The monoisotopic (exact) mass is 896 g/mol. The van der Waals surface area contributed by atoms with E-state index in [1.165, 1.54) is 154 Å². The van der Waals surface area contributed by atoms with Crippen LogP contribution in [0.5, 0.6) is 0 Å². The quantitative estimate of drug-likeness (QED) is 0.122. The van der Waals surface area contributed by atoms with Crippen molar-refractivity contribution in [3.63, 3.8) is 0 Å². The van der Waals surface area contributed by atoms with Gasteiger partial charge in [-0.2, -0.15) is 0 Å². The third-order valence-electron chi connectivity index (χ3n) is 17.9. The van der Waals surface area contributed by atoms with Gasteiger partial charge in [-0.15, -0.1) is 0 Å². The molecule has 11 aromatic carbocycles. The van der Waals surface area contributed by atoms with E-state index >= 15 is 0 Å². The maximum atomic E-state index is 2.68. The van der Waals surface area contributed by atoms with Crippen LogP contribution in [-0.4, -0.2) is 0 Å². The molecule has 0 unspecified atom stereocenters. The van der Waals surface area contributed by atoms with Crippen molar-refractivity contribution in [3.05, 3.63) is 237 Å². The summed E-state index contributed by atoms with van der Waals surface area (Å²) in [4.78, 5) is 0. The van der Waals surface area contributed by atoms with Gasteiger partial charge in [0, 0.05) is 0 Å². The average molecular weight is 897 g/mol. The molecule has 4 aliphatic carbocycles. The van der Waals surface area contributed by atoms with E-state index in [-0.39, 0.29) is 0 Å². The lowest BCUT2D eigenvalue weighted by Gasteiger charge is -2.32. The van der Waals surface area contributed by atoms with Gasteiger partial charge in [0.2, 0.25) is 0 Å². The summed E-state index contributed by atoms with van der Waals surface area (Å²) >= 11 is 0. The van der Waals surface area contributed by atoms with Crippen molar-refractivity contribution in [1.82, 2.24) is 0 Å². The molecule has 70 heavy (non-hydrogen) atoms. The maximum Gasteiger partial charge on any atom is 0.0726 e. The van der Waals surface area contributed by atoms with Crippen molar-refractivity contribution in [2.45, 2.75) is 89.9 Å². The number of hydrogen-bond acceptors (Lipinski definition) is 0. The first-order valence-electron chi connectivity index (χ1n) is 26.0. The highest BCUT2D eigenvalue weighted by Gasteiger charge is 2.54. The van der Waals surface area contributed by atoms with E-state index in [2.05, 4.69) is 225 Å². The molecule has 0 nitrogen and oxygen atoms in total. The molecule has 0 atom stereocenters. The zero-order valence-corrected chi connectivity index (χ0v) is 41.5. The van der Waals surface area contributed by atoms with Crippen molar-refractivity contribution in [3.8, 4) is 44.5 Å². The van der Waals surface area contributed by atoms with E-state index in [1.54, 1.807) is 0 Å². The van der Waals surface area contributed by atoms with Crippen LogP contribution < -0.4 is 0 Å². The van der Waals surface area contributed by atoms with Crippen LogP contribution in [0.15, 0.2) is 170 Å². The van der Waals surface area contributed by atoms with Gasteiger partial charge in [-0.25, -0.2) is 0 Å². The average Bonchev–Trinajstić information content (AvgIpc) is 4.05. The Kier molecular flexibility index (Phi) is 7.96. The van der Waals surface area contributed by atoms with E-state index in [0.717, 1.165) is 0 Å². The molecular weight excluding hydrogens is 841 g/mol. The number of rotatable bonds is 4. The van der Waals surface area contributed by atoms with Gasteiger partial charge in [0.1, 0.15) is 0 Å². The standard InChI is InChI=1S/C70H56/c1-37(2)41-23-27-45-46-28-24-42(38(3)4)32-60(46)69(59(45)31-41)57-21-11-9-15-51(57)67-53-19-13-18-50-56-36-64-68(54-20-14-17-49(66(54)56)55(65(50)53)35-63(67)69)52-16-10-12-22-58(52)70(64)61-33-43(39(5)6)25-29-47(61)48-30-26-44(40(7)8)34-62(48)70/h9-40H,1-8H3. The first-order valence-corrected chi connectivity index (χ1v) is 26.0.